The van der Waals surface area contributed by atoms with Crippen molar-refractivity contribution in [2.24, 2.45) is 5.41 Å². The third-order valence-corrected chi connectivity index (χ3v) is 3.20. The summed E-state index contributed by atoms with van der Waals surface area (Å²) in [4.78, 5) is 0. The summed E-state index contributed by atoms with van der Waals surface area (Å²) in [5, 5.41) is 10.5. The van der Waals surface area contributed by atoms with Gasteiger partial charge in [0.05, 0.1) is 6.61 Å². The first-order valence-electron chi connectivity index (χ1n) is 4.70. The zero-order valence-corrected chi connectivity index (χ0v) is 10.1. The van der Waals surface area contributed by atoms with E-state index in [1.165, 1.54) is 0 Å². The summed E-state index contributed by atoms with van der Waals surface area (Å²) in [6.07, 6.45) is 2.32. The molecular weight excluding hydrogens is 231 g/mol. The Morgan fingerprint density at radius 1 is 1.40 bits per heavy atom. The molecule has 1 N–H and O–H groups in total. The highest BCUT2D eigenvalue weighted by molar-refractivity contribution is 6.36. The minimum absolute atomic E-state index is 0.0258. The van der Waals surface area contributed by atoms with E-state index in [1.54, 1.807) is 24.3 Å². The van der Waals surface area contributed by atoms with Crippen LogP contribution in [0.25, 0.3) is 0 Å². The Balaban J connectivity index is 3.03. The van der Waals surface area contributed by atoms with Crippen molar-refractivity contribution >= 4 is 23.2 Å². The lowest BCUT2D eigenvalue weighted by Gasteiger charge is -2.24. The predicted molar refractivity (Wildman–Crippen MR) is 65.6 cm³/mol. The zero-order chi connectivity index (χ0) is 11.5. The van der Waals surface area contributed by atoms with Crippen molar-refractivity contribution in [1.82, 2.24) is 0 Å². The van der Waals surface area contributed by atoms with Gasteiger partial charge < -0.3 is 5.11 Å². The second-order valence-electron chi connectivity index (χ2n) is 3.89. The highest BCUT2D eigenvalue weighted by Gasteiger charge is 2.22. The van der Waals surface area contributed by atoms with Crippen molar-refractivity contribution in [3.8, 4) is 0 Å². The number of aliphatic hydroxyl groups is 1. The van der Waals surface area contributed by atoms with Crippen LogP contribution in [0.15, 0.2) is 30.9 Å². The topological polar surface area (TPSA) is 20.2 Å². The highest BCUT2D eigenvalue weighted by atomic mass is 35.5. The summed E-state index contributed by atoms with van der Waals surface area (Å²) in [6.45, 7) is 5.66. The molecule has 0 radical (unpaired) electrons. The molecule has 0 saturated heterocycles. The smallest absolute Gasteiger partial charge is 0.0522 e. The van der Waals surface area contributed by atoms with Crippen LogP contribution in [-0.2, 0) is 6.42 Å². The number of hydrogen-bond acceptors (Lipinski definition) is 1. The Bertz CT molecular complexity index is 342. The second-order valence-corrected chi connectivity index (χ2v) is 4.71. The van der Waals surface area contributed by atoms with Crippen molar-refractivity contribution in [1.29, 1.82) is 0 Å². The fourth-order valence-corrected chi connectivity index (χ4v) is 1.83. The molecule has 0 fully saturated rings. The normalized spacial score (nSPS) is 14.7. The lowest BCUT2D eigenvalue weighted by atomic mass is 9.84. The van der Waals surface area contributed by atoms with Gasteiger partial charge in [-0.15, -0.1) is 6.58 Å². The summed E-state index contributed by atoms with van der Waals surface area (Å²) in [6, 6.07) is 5.39. The van der Waals surface area contributed by atoms with Crippen LogP contribution in [0.4, 0.5) is 0 Å². The summed E-state index contributed by atoms with van der Waals surface area (Å²) < 4.78 is 0. The molecule has 0 aliphatic carbocycles. The quantitative estimate of drug-likeness (QED) is 0.801. The number of halogens is 2. The van der Waals surface area contributed by atoms with E-state index in [1.807, 2.05) is 6.92 Å². The van der Waals surface area contributed by atoms with Crippen molar-refractivity contribution in [3.63, 3.8) is 0 Å². The Hall–Kier alpha value is -0.500. The molecule has 0 aliphatic heterocycles. The number of hydrogen-bond donors (Lipinski definition) is 1. The molecule has 3 heteroatoms. The first kappa shape index (κ1) is 12.6. The largest absolute Gasteiger partial charge is 0.395 e. The standard InChI is InChI=1S/C12H14Cl2O/c1-3-12(2,8-15)7-9-10(13)5-4-6-11(9)14/h3-6,15H,1,7-8H2,2H3. The van der Waals surface area contributed by atoms with Crippen molar-refractivity contribution in [3.05, 3.63) is 46.5 Å². The van der Waals surface area contributed by atoms with E-state index < -0.39 is 0 Å². The second kappa shape index (κ2) is 5.02. The predicted octanol–water partition coefficient (Wildman–Crippen LogP) is 3.72. The van der Waals surface area contributed by atoms with E-state index in [0.717, 1.165) is 5.56 Å². The number of benzene rings is 1. The van der Waals surface area contributed by atoms with Crippen LogP contribution in [0, 0.1) is 5.41 Å². The molecule has 1 nitrogen and oxygen atoms in total. The van der Waals surface area contributed by atoms with E-state index in [9.17, 15) is 5.11 Å². The number of aliphatic hydroxyl groups excluding tert-OH is 1. The van der Waals surface area contributed by atoms with Gasteiger partial charge in [0, 0.05) is 15.5 Å². The SMILES string of the molecule is C=CC(C)(CO)Cc1c(Cl)cccc1Cl. The molecule has 0 saturated carbocycles. The molecule has 1 aromatic carbocycles. The summed E-state index contributed by atoms with van der Waals surface area (Å²) >= 11 is 12.1. The molecule has 15 heavy (non-hydrogen) atoms. The molecular formula is C12H14Cl2O. The zero-order valence-electron chi connectivity index (χ0n) is 8.63. The maximum atomic E-state index is 9.27. The van der Waals surface area contributed by atoms with E-state index >= 15 is 0 Å². The first-order chi connectivity index (χ1) is 7.02. The van der Waals surface area contributed by atoms with Gasteiger partial charge in [-0.1, -0.05) is 42.3 Å². The van der Waals surface area contributed by atoms with Gasteiger partial charge in [0.25, 0.3) is 0 Å². The minimum Gasteiger partial charge on any atom is -0.395 e. The Labute approximate surface area is 100 Å². The highest BCUT2D eigenvalue weighted by Crippen LogP contribution is 2.32. The number of rotatable bonds is 4. The monoisotopic (exact) mass is 244 g/mol. The summed E-state index contributed by atoms with van der Waals surface area (Å²) in [5.41, 5.74) is 0.478. The lowest BCUT2D eigenvalue weighted by Crippen LogP contribution is -2.21. The molecule has 0 heterocycles. The van der Waals surface area contributed by atoms with Crippen molar-refractivity contribution in [2.75, 3.05) is 6.61 Å². The van der Waals surface area contributed by atoms with Crippen LogP contribution in [0.3, 0.4) is 0 Å². The fourth-order valence-electron chi connectivity index (χ4n) is 1.30. The Morgan fingerprint density at radius 3 is 2.33 bits per heavy atom. The van der Waals surface area contributed by atoms with E-state index in [2.05, 4.69) is 6.58 Å². The van der Waals surface area contributed by atoms with E-state index in [4.69, 9.17) is 23.2 Å². The van der Waals surface area contributed by atoms with Crippen LogP contribution in [-0.4, -0.2) is 11.7 Å². The molecule has 82 valence electrons. The molecule has 0 bridgehead atoms. The average molecular weight is 245 g/mol. The Kier molecular flexibility index (Phi) is 4.21. The van der Waals surface area contributed by atoms with Crippen molar-refractivity contribution in [2.45, 2.75) is 13.3 Å². The van der Waals surface area contributed by atoms with Gasteiger partial charge in [0.1, 0.15) is 0 Å². The van der Waals surface area contributed by atoms with Gasteiger partial charge in [-0.05, 0) is 24.1 Å². The maximum absolute atomic E-state index is 9.27. The van der Waals surface area contributed by atoms with Crippen LogP contribution >= 0.6 is 23.2 Å². The molecule has 0 amide bonds. The van der Waals surface area contributed by atoms with E-state index in [0.29, 0.717) is 16.5 Å². The van der Waals surface area contributed by atoms with Crippen LogP contribution in [0.5, 0.6) is 0 Å². The molecule has 1 unspecified atom stereocenters. The summed E-state index contributed by atoms with van der Waals surface area (Å²) in [5.74, 6) is 0. The molecule has 0 aliphatic rings. The molecule has 0 aromatic heterocycles. The van der Waals surface area contributed by atoms with Crippen LogP contribution in [0.1, 0.15) is 12.5 Å². The molecule has 1 aromatic rings. The molecule has 1 rings (SSSR count). The average Bonchev–Trinajstić information content (AvgIpc) is 2.23. The third-order valence-electron chi connectivity index (χ3n) is 2.50. The minimum atomic E-state index is -0.380. The first-order valence-corrected chi connectivity index (χ1v) is 5.45. The fraction of sp³-hybridized carbons (Fsp3) is 0.333. The molecule has 1 atom stereocenters. The van der Waals surface area contributed by atoms with Gasteiger partial charge in [0.15, 0.2) is 0 Å². The van der Waals surface area contributed by atoms with Crippen LogP contribution < -0.4 is 0 Å². The van der Waals surface area contributed by atoms with Crippen LogP contribution in [0.2, 0.25) is 10.0 Å². The van der Waals surface area contributed by atoms with Gasteiger partial charge in [-0.25, -0.2) is 0 Å². The van der Waals surface area contributed by atoms with Gasteiger partial charge in [-0.3, -0.25) is 0 Å². The third kappa shape index (κ3) is 2.97. The Morgan fingerprint density at radius 2 is 1.93 bits per heavy atom. The van der Waals surface area contributed by atoms with Gasteiger partial charge in [0.2, 0.25) is 0 Å². The maximum Gasteiger partial charge on any atom is 0.0522 e. The molecule has 0 spiro atoms. The van der Waals surface area contributed by atoms with Gasteiger partial charge >= 0.3 is 0 Å². The summed E-state index contributed by atoms with van der Waals surface area (Å²) in [7, 11) is 0. The van der Waals surface area contributed by atoms with Crippen molar-refractivity contribution < 1.29 is 5.11 Å². The van der Waals surface area contributed by atoms with E-state index in [-0.39, 0.29) is 12.0 Å². The lowest BCUT2D eigenvalue weighted by molar-refractivity contribution is 0.184. The van der Waals surface area contributed by atoms with Gasteiger partial charge in [-0.2, -0.15) is 0 Å².